The summed E-state index contributed by atoms with van der Waals surface area (Å²) in [4.78, 5) is 4.43. The van der Waals surface area contributed by atoms with Crippen molar-refractivity contribution in [1.29, 1.82) is 0 Å². The van der Waals surface area contributed by atoms with Gasteiger partial charge in [-0.25, -0.2) is 0 Å². The minimum absolute atomic E-state index is 0.137. The number of pyridine rings is 1. The number of nitrogens with one attached hydrogen (secondary N) is 1. The molecule has 2 atom stereocenters. The fourth-order valence-electron chi connectivity index (χ4n) is 2.43. The Bertz CT molecular complexity index is 407. The largest absolute Gasteiger partial charge is 0.478 e. The minimum atomic E-state index is 0.137. The van der Waals surface area contributed by atoms with Crippen molar-refractivity contribution in [3.63, 3.8) is 0 Å². The van der Waals surface area contributed by atoms with Crippen molar-refractivity contribution in [3.8, 4) is 5.88 Å². The van der Waals surface area contributed by atoms with Crippen LogP contribution >= 0.6 is 0 Å². The van der Waals surface area contributed by atoms with Crippen LogP contribution in [0, 0.1) is 5.41 Å². The molecule has 1 fully saturated rings. The van der Waals surface area contributed by atoms with Gasteiger partial charge in [-0.1, -0.05) is 19.9 Å². The van der Waals surface area contributed by atoms with Gasteiger partial charge >= 0.3 is 0 Å². The third-order valence-electron chi connectivity index (χ3n) is 3.80. The zero-order valence-corrected chi connectivity index (χ0v) is 11.6. The van der Waals surface area contributed by atoms with E-state index in [0.717, 1.165) is 12.2 Å². The zero-order chi connectivity index (χ0) is 13.2. The standard InChI is InChI=1S/C14H22N2O2/c1-5-18-13-8-6-7-12(16-13)15-10-9-11(17-4)14(10,2)3/h6-8,10-11H,5,9H2,1-4H3,(H,15,16). The van der Waals surface area contributed by atoms with Gasteiger partial charge in [-0.15, -0.1) is 0 Å². The van der Waals surface area contributed by atoms with E-state index >= 15 is 0 Å². The smallest absolute Gasteiger partial charge is 0.215 e. The van der Waals surface area contributed by atoms with Gasteiger partial charge < -0.3 is 14.8 Å². The maximum absolute atomic E-state index is 5.45. The number of anilines is 1. The summed E-state index contributed by atoms with van der Waals surface area (Å²) >= 11 is 0. The van der Waals surface area contributed by atoms with Gasteiger partial charge in [-0.3, -0.25) is 0 Å². The second kappa shape index (κ2) is 5.14. The molecule has 1 aromatic heterocycles. The van der Waals surface area contributed by atoms with Crippen LogP contribution in [0.5, 0.6) is 5.88 Å². The summed E-state index contributed by atoms with van der Waals surface area (Å²) in [6.45, 7) is 7.03. The number of methoxy groups -OCH3 is 1. The van der Waals surface area contributed by atoms with Crippen molar-refractivity contribution in [2.45, 2.75) is 39.3 Å². The first-order valence-corrected chi connectivity index (χ1v) is 6.47. The fourth-order valence-corrected chi connectivity index (χ4v) is 2.43. The van der Waals surface area contributed by atoms with Gasteiger partial charge in [0.2, 0.25) is 5.88 Å². The summed E-state index contributed by atoms with van der Waals surface area (Å²) in [7, 11) is 1.77. The van der Waals surface area contributed by atoms with E-state index in [4.69, 9.17) is 9.47 Å². The lowest BCUT2D eigenvalue weighted by Gasteiger charge is -2.51. The second-order valence-electron chi connectivity index (χ2n) is 5.27. The normalized spacial score (nSPS) is 25.3. The van der Waals surface area contributed by atoms with Crippen LogP contribution in [-0.2, 0) is 4.74 Å². The Kier molecular flexibility index (Phi) is 3.76. The molecule has 1 aliphatic carbocycles. The van der Waals surface area contributed by atoms with Gasteiger partial charge in [0.1, 0.15) is 5.82 Å². The number of nitrogens with zero attached hydrogens (tertiary/aromatic N) is 1. The Hall–Kier alpha value is -1.29. The number of hydrogen-bond acceptors (Lipinski definition) is 4. The number of rotatable bonds is 5. The van der Waals surface area contributed by atoms with Crippen LogP contribution in [0.1, 0.15) is 27.2 Å². The van der Waals surface area contributed by atoms with Crippen LogP contribution in [0.15, 0.2) is 18.2 Å². The molecule has 0 spiro atoms. The van der Waals surface area contributed by atoms with E-state index in [2.05, 4.69) is 24.1 Å². The minimum Gasteiger partial charge on any atom is -0.478 e. The molecule has 0 bridgehead atoms. The second-order valence-corrected chi connectivity index (χ2v) is 5.27. The molecular formula is C14H22N2O2. The molecule has 1 heterocycles. The maximum atomic E-state index is 5.45. The highest BCUT2D eigenvalue weighted by atomic mass is 16.5. The molecule has 2 unspecified atom stereocenters. The predicted molar refractivity (Wildman–Crippen MR) is 72.0 cm³/mol. The zero-order valence-electron chi connectivity index (χ0n) is 11.6. The highest BCUT2D eigenvalue weighted by Gasteiger charge is 2.48. The van der Waals surface area contributed by atoms with Crippen molar-refractivity contribution in [3.05, 3.63) is 18.2 Å². The first-order chi connectivity index (χ1) is 8.57. The van der Waals surface area contributed by atoms with Crippen molar-refractivity contribution in [1.82, 2.24) is 4.98 Å². The summed E-state index contributed by atoms with van der Waals surface area (Å²) in [5, 5.41) is 3.46. The lowest BCUT2D eigenvalue weighted by molar-refractivity contribution is -0.0795. The molecule has 100 valence electrons. The van der Waals surface area contributed by atoms with Crippen molar-refractivity contribution < 1.29 is 9.47 Å². The van der Waals surface area contributed by atoms with E-state index in [9.17, 15) is 0 Å². The molecular weight excluding hydrogens is 228 g/mol. The Balaban J connectivity index is 2.00. The molecule has 0 aliphatic heterocycles. The molecule has 0 amide bonds. The van der Waals surface area contributed by atoms with Gasteiger partial charge in [0.05, 0.1) is 12.7 Å². The first kappa shape index (κ1) is 13.1. The van der Waals surface area contributed by atoms with Gasteiger partial charge in [-0.2, -0.15) is 4.98 Å². The summed E-state index contributed by atoms with van der Waals surface area (Å²) in [5.74, 6) is 1.54. The molecule has 1 aliphatic rings. The molecule has 2 rings (SSSR count). The number of aromatic nitrogens is 1. The summed E-state index contributed by atoms with van der Waals surface area (Å²) in [6, 6.07) is 6.20. The first-order valence-electron chi connectivity index (χ1n) is 6.47. The van der Waals surface area contributed by atoms with E-state index < -0.39 is 0 Å². The third-order valence-corrected chi connectivity index (χ3v) is 3.80. The molecule has 1 aromatic rings. The number of ether oxygens (including phenoxy) is 2. The third kappa shape index (κ3) is 2.43. The summed E-state index contributed by atoms with van der Waals surface area (Å²) in [5.41, 5.74) is 0.137. The van der Waals surface area contributed by atoms with Gasteiger partial charge in [0.25, 0.3) is 0 Å². The molecule has 0 radical (unpaired) electrons. The van der Waals surface area contributed by atoms with Crippen molar-refractivity contribution >= 4 is 5.82 Å². The van der Waals surface area contributed by atoms with Crippen molar-refractivity contribution in [2.75, 3.05) is 19.0 Å². The van der Waals surface area contributed by atoms with Gasteiger partial charge in [0, 0.05) is 24.6 Å². The van der Waals surface area contributed by atoms with Crippen LogP contribution in [-0.4, -0.2) is 30.8 Å². The average molecular weight is 250 g/mol. The van der Waals surface area contributed by atoms with Crippen LogP contribution in [0.3, 0.4) is 0 Å². The quantitative estimate of drug-likeness (QED) is 0.872. The Morgan fingerprint density at radius 3 is 2.83 bits per heavy atom. The van der Waals surface area contributed by atoms with Crippen molar-refractivity contribution in [2.24, 2.45) is 5.41 Å². The van der Waals surface area contributed by atoms with Crippen LogP contribution in [0.25, 0.3) is 0 Å². The molecule has 0 aromatic carbocycles. The van der Waals surface area contributed by atoms with E-state index in [-0.39, 0.29) is 5.41 Å². The highest BCUT2D eigenvalue weighted by Crippen LogP contribution is 2.43. The molecule has 18 heavy (non-hydrogen) atoms. The van der Waals surface area contributed by atoms with E-state index in [0.29, 0.717) is 24.6 Å². The van der Waals surface area contributed by atoms with E-state index in [1.165, 1.54) is 0 Å². The monoisotopic (exact) mass is 250 g/mol. The van der Waals surface area contributed by atoms with Gasteiger partial charge in [-0.05, 0) is 19.4 Å². The summed E-state index contributed by atoms with van der Waals surface area (Å²) in [6.07, 6.45) is 1.34. The SMILES string of the molecule is CCOc1cccc(NC2CC(OC)C2(C)C)n1. The van der Waals surface area contributed by atoms with E-state index in [1.807, 2.05) is 25.1 Å². The Morgan fingerprint density at radius 1 is 1.44 bits per heavy atom. The van der Waals surface area contributed by atoms with Crippen LogP contribution < -0.4 is 10.1 Å². The lowest BCUT2D eigenvalue weighted by atomic mass is 9.64. The molecule has 4 heteroatoms. The molecule has 1 saturated carbocycles. The molecule has 4 nitrogen and oxygen atoms in total. The Labute approximate surface area is 109 Å². The molecule has 0 saturated heterocycles. The lowest BCUT2D eigenvalue weighted by Crippen LogP contribution is -2.57. The van der Waals surface area contributed by atoms with Crippen LogP contribution in [0.2, 0.25) is 0 Å². The Morgan fingerprint density at radius 2 is 2.22 bits per heavy atom. The highest BCUT2D eigenvalue weighted by molar-refractivity contribution is 5.40. The molecule has 1 N–H and O–H groups in total. The van der Waals surface area contributed by atoms with E-state index in [1.54, 1.807) is 7.11 Å². The fraction of sp³-hybridized carbons (Fsp3) is 0.643. The average Bonchev–Trinajstić information content (AvgIpc) is 2.35. The van der Waals surface area contributed by atoms with Gasteiger partial charge in [0.15, 0.2) is 0 Å². The maximum Gasteiger partial charge on any atom is 0.215 e. The number of hydrogen-bond donors (Lipinski definition) is 1. The summed E-state index contributed by atoms with van der Waals surface area (Å²) < 4.78 is 10.8. The topological polar surface area (TPSA) is 43.4 Å². The predicted octanol–water partition coefficient (Wildman–Crippen LogP) is 2.71. The van der Waals surface area contributed by atoms with Crippen LogP contribution in [0.4, 0.5) is 5.82 Å².